The molecule has 0 aromatic carbocycles. The predicted molar refractivity (Wildman–Crippen MR) is 92.1 cm³/mol. The fraction of sp³-hybridized carbons (Fsp3) is 0.778. The second-order valence-corrected chi connectivity index (χ2v) is 7.30. The first-order valence-corrected chi connectivity index (χ1v) is 9.52. The van der Waals surface area contributed by atoms with Crippen molar-refractivity contribution in [1.82, 2.24) is 19.6 Å². The van der Waals surface area contributed by atoms with Crippen LogP contribution in [0.3, 0.4) is 0 Å². The summed E-state index contributed by atoms with van der Waals surface area (Å²) in [5.41, 5.74) is 0. The van der Waals surface area contributed by atoms with Gasteiger partial charge in [-0.3, -0.25) is 14.4 Å². The zero-order valence-corrected chi connectivity index (χ0v) is 14.8. The molecule has 0 N–H and O–H groups in total. The van der Waals surface area contributed by atoms with Crippen LogP contribution in [0.5, 0.6) is 0 Å². The smallest absolute Gasteiger partial charge is 0.237 e. The van der Waals surface area contributed by atoms with Gasteiger partial charge in [0.25, 0.3) is 0 Å². The molecule has 138 valence electrons. The third kappa shape index (κ3) is 4.04. The Morgan fingerprint density at radius 3 is 2.92 bits per heavy atom. The number of hydrogen-bond donors (Lipinski definition) is 0. The molecule has 4 rings (SSSR count). The molecular formula is C18H28N4O3. The van der Waals surface area contributed by atoms with Gasteiger partial charge >= 0.3 is 0 Å². The van der Waals surface area contributed by atoms with Crippen LogP contribution in [-0.2, 0) is 20.8 Å². The van der Waals surface area contributed by atoms with Crippen LogP contribution in [0.4, 0.5) is 0 Å². The summed E-state index contributed by atoms with van der Waals surface area (Å²) in [6.45, 7) is 4.92. The Morgan fingerprint density at radius 1 is 1.16 bits per heavy atom. The summed E-state index contributed by atoms with van der Waals surface area (Å²) in [6.07, 6.45) is 8.68. The Labute approximate surface area is 148 Å². The van der Waals surface area contributed by atoms with Crippen molar-refractivity contribution >= 4 is 5.91 Å². The minimum absolute atomic E-state index is 0.0913. The zero-order valence-electron chi connectivity index (χ0n) is 14.8. The standard InChI is InChI=1S/C18H28N4O3/c23-18(22-9-11-25-17-5-2-1-4-16(17)22)14-20-8-10-24-15(12-20)13-21-7-3-6-19-21/h3,6-7,15-17H,1-2,4-5,8-14H2/t15-,16-,17+/m0/s1. The van der Waals surface area contributed by atoms with E-state index in [-0.39, 0.29) is 24.2 Å². The maximum Gasteiger partial charge on any atom is 0.237 e. The maximum atomic E-state index is 12.9. The molecule has 0 spiro atoms. The van der Waals surface area contributed by atoms with Gasteiger partial charge in [0.2, 0.25) is 5.91 Å². The SMILES string of the molecule is O=C(CN1CCO[C@H](Cn2cccn2)C1)N1CCO[C@@H]2CCCC[C@@H]21. The first-order chi connectivity index (χ1) is 12.3. The fourth-order valence-corrected chi connectivity index (χ4v) is 4.34. The second-order valence-electron chi connectivity index (χ2n) is 7.30. The van der Waals surface area contributed by atoms with Gasteiger partial charge in [-0.1, -0.05) is 12.8 Å². The number of amides is 1. The van der Waals surface area contributed by atoms with Crippen molar-refractivity contribution in [3.05, 3.63) is 18.5 Å². The fourth-order valence-electron chi connectivity index (χ4n) is 4.34. The van der Waals surface area contributed by atoms with Gasteiger partial charge in [-0.25, -0.2) is 0 Å². The average Bonchev–Trinajstić information content (AvgIpc) is 3.14. The Morgan fingerprint density at radius 2 is 2.04 bits per heavy atom. The summed E-state index contributed by atoms with van der Waals surface area (Å²) in [4.78, 5) is 17.2. The minimum atomic E-state index is 0.0913. The number of aromatic nitrogens is 2. The zero-order chi connectivity index (χ0) is 17.1. The van der Waals surface area contributed by atoms with E-state index in [1.165, 1.54) is 12.8 Å². The number of ether oxygens (including phenoxy) is 2. The first-order valence-electron chi connectivity index (χ1n) is 9.52. The molecule has 1 aromatic heterocycles. The molecule has 1 saturated carbocycles. The lowest BCUT2D eigenvalue weighted by Gasteiger charge is -2.44. The molecule has 7 heteroatoms. The Balaban J connectivity index is 1.32. The van der Waals surface area contributed by atoms with E-state index in [1.807, 2.05) is 16.9 Å². The van der Waals surface area contributed by atoms with Crippen LogP contribution < -0.4 is 0 Å². The summed E-state index contributed by atoms with van der Waals surface area (Å²) >= 11 is 0. The van der Waals surface area contributed by atoms with Crippen molar-refractivity contribution in [2.24, 2.45) is 0 Å². The topological polar surface area (TPSA) is 59.8 Å². The van der Waals surface area contributed by atoms with Gasteiger partial charge in [0, 0.05) is 32.0 Å². The van der Waals surface area contributed by atoms with E-state index in [1.54, 1.807) is 6.20 Å². The van der Waals surface area contributed by atoms with Crippen LogP contribution in [0, 0.1) is 0 Å². The number of rotatable bonds is 4. The molecule has 0 radical (unpaired) electrons. The van der Waals surface area contributed by atoms with E-state index in [9.17, 15) is 4.79 Å². The predicted octanol–water partition coefficient (Wildman–Crippen LogP) is 0.754. The molecule has 2 aliphatic heterocycles. The van der Waals surface area contributed by atoms with Crippen LogP contribution in [0.15, 0.2) is 18.5 Å². The van der Waals surface area contributed by atoms with Crippen molar-refractivity contribution in [2.75, 3.05) is 39.4 Å². The lowest BCUT2D eigenvalue weighted by Crippen LogP contribution is -2.57. The van der Waals surface area contributed by atoms with Crippen molar-refractivity contribution < 1.29 is 14.3 Å². The minimum Gasteiger partial charge on any atom is -0.374 e. The molecule has 2 saturated heterocycles. The molecule has 1 amide bonds. The third-order valence-electron chi connectivity index (χ3n) is 5.58. The van der Waals surface area contributed by atoms with E-state index in [0.717, 1.165) is 39.0 Å². The van der Waals surface area contributed by atoms with Crippen molar-refractivity contribution in [3.8, 4) is 0 Å². The van der Waals surface area contributed by atoms with Gasteiger partial charge < -0.3 is 14.4 Å². The van der Waals surface area contributed by atoms with Gasteiger partial charge in [0.1, 0.15) is 0 Å². The maximum absolute atomic E-state index is 12.9. The summed E-state index contributed by atoms with van der Waals surface area (Å²) in [5.74, 6) is 0.250. The van der Waals surface area contributed by atoms with Gasteiger partial charge in [-0.15, -0.1) is 0 Å². The highest BCUT2D eigenvalue weighted by atomic mass is 16.5. The van der Waals surface area contributed by atoms with Crippen LogP contribution in [0.1, 0.15) is 25.7 Å². The van der Waals surface area contributed by atoms with Crippen LogP contribution in [0.2, 0.25) is 0 Å². The number of hydrogen-bond acceptors (Lipinski definition) is 5. The van der Waals surface area contributed by atoms with Gasteiger partial charge in [-0.05, 0) is 18.9 Å². The van der Waals surface area contributed by atoms with Crippen LogP contribution in [-0.4, -0.2) is 83.1 Å². The normalized spacial score (nSPS) is 30.9. The van der Waals surface area contributed by atoms with Crippen molar-refractivity contribution in [1.29, 1.82) is 0 Å². The van der Waals surface area contributed by atoms with E-state index in [2.05, 4.69) is 14.9 Å². The first kappa shape index (κ1) is 17.0. The Bertz CT molecular complexity index is 563. The van der Waals surface area contributed by atoms with E-state index < -0.39 is 0 Å². The molecule has 7 nitrogen and oxygen atoms in total. The molecule has 3 heterocycles. The molecule has 0 unspecified atom stereocenters. The van der Waals surface area contributed by atoms with Gasteiger partial charge in [0.05, 0.1) is 44.6 Å². The van der Waals surface area contributed by atoms with Crippen LogP contribution >= 0.6 is 0 Å². The summed E-state index contributed by atoms with van der Waals surface area (Å²) in [7, 11) is 0. The van der Waals surface area contributed by atoms with Gasteiger partial charge in [-0.2, -0.15) is 5.10 Å². The number of fused-ring (bicyclic) bond motifs is 1. The molecule has 0 bridgehead atoms. The third-order valence-corrected chi connectivity index (χ3v) is 5.58. The molecule has 3 fully saturated rings. The average molecular weight is 348 g/mol. The van der Waals surface area contributed by atoms with Crippen molar-refractivity contribution in [3.63, 3.8) is 0 Å². The molecule has 1 aliphatic carbocycles. The highest BCUT2D eigenvalue weighted by Gasteiger charge is 2.37. The highest BCUT2D eigenvalue weighted by Crippen LogP contribution is 2.28. The molecule has 3 atom stereocenters. The number of morpholine rings is 2. The number of carbonyl (C=O) groups excluding carboxylic acids is 1. The van der Waals surface area contributed by atoms with Crippen LogP contribution in [0.25, 0.3) is 0 Å². The van der Waals surface area contributed by atoms with E-state index in [0.29, 0.717) is 19.8 Å². The molecule has 25 heavy (non-hydrogen) atoms. The highest BCUT2D eigenvalue weighted by molar-refractivity contribution is 5.78. The molecule has 3 aliphatic rings. The number of carbonyl (C=O) groups is 1. The lowest BCUT2D eigenvalue weighted by molar-refractivity contribution is -0.152. The summed E-state index contributed by atoms with van der Waals surface area (Å²) in [5, 5.41) is 4.24. The molecule has 1 aromatic rings. The van der Waals surface area contributed by atoms with Gasteiger partial charge in [0.15, 0.2) is 0 Å². The summed E-state index contributed by atoms with van der Waals surface area (Å²) < 4.78 is 13.6. The Hall–Kier alpha value is -1.44. The van der Waals surface area contributed by atoms with E-state index in [4.69, 9.17) is 9.47 Å². The van der Waals surface area contributed by atoms with E-state index >= 15 is 0 Å². The lowest BCUT2D eigenvalue weighted by atomic mass is 9.90. The monoisotopic (exact) mass is 348 g/mol. The second kappa shape index (κ2) is 7.85. The van der Waals surface area contributed by atoms with Crippen molar-refractivity contribution in [2.45, 2.75) is 50.5 Å². The summed E-state index contributed by atoms with van der Waals surface area (Å²) in [6, 6.07) is 2.21. The quantitative estimate of drug-likeness (QED) is 0.804. The Kier molecular flexibility index (Phi) is 5.33. The number of nitrogens with zero attached hydrogens (tertiary/aromatic N) is 4. The largest absolute Gasteiger partial charge is 0.374 e. The molecular weight excluding hydrogens is 320 g/mol.